The van der Waals surface area contributed by atoms with E-state index < -0.39 is 0 Å². The SMILES string of the molecule is c1cnc(CSC2CCCC2)c(SSc2cccnc2CSC2CCCC2)c1. The zero-order valence-electron chi connectivity index (χ0n) is 16.2. The molecule has 0 aromatic carbocycles. The van der Waals surface area contributed by atoms with E-state index in [1.165, 1.54) is 72.5 Å². The van der Waals surface area contributed by atoms with Crippen LogP contribution in [0.4, 0.5) is 0 Å². The maximum Gasteiger partial charge on any atom is 0.0646 e. The van der Waals surface area contributed by atoms with Crippen molar-refractivity contribution >= 4 is 45.1 Å². The number of thioether (sulfide) groups is 2. The van der Waals surface area contributed by atoms with Gasteiger partial charge in [0, 0.05) is 44.2 Å². The highest BCUT2D eigenvalue weighted by atomic mass is 33.1. The number of aromatic nitrogens is 2. The molecular weight excluding hydrogens is 421 g/mol. The lowest BCUT2D eigenvalue weighted by molar-refractivity contribution is 0.886. The minimum Gasteiger partial charge on any atom is -0.259 e. The summed E-state index contributed by atoms with van der Waals surface area (Å²) in [7, 11) is 3.69. The van der Waals surface area contributed by atoms with Crippen LogP contribution in [0.5, 0.6) is 0 Å². The third-order valence-electron chi connectivity index (χ3n) is 5.43. The van der Waals surface area contributed by atoms with Crippen molar-refractivity contribution in [2.75, 3.05) is 0 Å². The highest BCUT2D eigenvalue weighted by molar-refractivity contribution is 8.76. The Hall–Kier alpha value is -0.300. The molecule has 2 aliphatic carbocycles. The first-order chi connectivity index (χ1) is 13.9. The summed E-state index contributed by atoms with van der Waals surface area (Å²) in [5, 5.41) is 1.68. The van der Waals surface area contributed by atoms with Crippen molar-refractivity contribution in [2.45, 2.75) is 83.2 Å². The van der Waals surface area contributed by atoms with Crippen molar-refractivity contribution in [3.05, 3.63) is 48.0 Å². The van der Waals surface area contributed by atoms with Crippen molar-refractivity contribution in [3.8, 4) is 0 Å². The molecule has 2 nitrogen and oxygen atoms in total. The van der Waals surface area contributed by atoms with E-state index in [0.29, 0.717) is 0 Å². The quantitative estimate of drug-likeness (QED) is 0.366. The van der Waals surface area contributed by atoms with Crippen LogP contribution < -0.4 is 0 Å². The van der Waals surface area contributed by atoms with Gasteiger partial charge in [0.1, 0.15) is 0 Å². The minimum atomic E-state index is 0.838. The number of pyridine rings is 2. The summed E-state index contributed by atoms with van der Waals surface area (Å²) in [6, 6.07) is 8.57. The summed E-state index contributed by atoms with van der Waals surface area (Å²) >= 11 is 4.20. The molecule has 2 aromatic heterocycles. The van der Waals surface area contributed by atoms with Gasteiger partial charge in [-0.2, -0.15) is 23.5 Å². The van der Waals surface area contributed by atoms with Crippen LogP contribution in [-0.2, 0) is 11.5 Å². The molecule has 2 heterocycles. The van der Waals surface area contributed by atoms with Crippen molar-refractivity contribution in [2.24, 2.45) is 0 Å². The van der Waals surface area contributed by atoms with Crippen LogP contribution >= 0.6 is 45.1 Å². The predicted molar refractivity (Wildman–Crippen MR) is 127 cm³/mol. The molecule has 4 rings (SSSR count). The molecule has 0 aliphatic heterocycles. The second-order valence-electron chi connectivity index (χ2n) is 7.50. The van der Waals surface area contributed by atoms with Crippen LogP contribution in [0.15, 0.2) is 46.5 Å². The molecule has 0 atom stereocenters. The van der Waals surface area contributed by atoms with Crippen molar-refractivity contribution in [1.82, 2.24) is 9.97 Å². The molecule has 0 unspecified atom stereocenters. The topological polar surface area (TPSA) is 25.8 Å². The van der Waals surface area contributed by atoms with Gasteiger partial charge in [-0.3, -0.25) is 9.97 Å². The lowest BCUT2D eigenvalue weighted by atomic mass is 10.4. The summed E-state index contributed by atoms with van der Waals surface area (Å²) < 4.78 is 0. The molecule has 2 aliphatic rings. The van der Waals surface area contributed by atoms with Crippen molar-refractivity contribution in [1.29, 1.82) is 0 Å². The molecule has 6 heteroatoms. The van der Waals surface area contributed by atoms with Gasteiger partial charge in [-0.1, -0.05) is 47.3 Å². The minimum absolute atomic E-state index is 0.838. The molecule has 28 heavy (non-hydrogen) atoms. The van der Waals surface area contributed by atoms with Gasteiger partial charge >= 0.3 is 0 Å². The van der Waals surface area contributed by atoms with E-state index in [4.69, 9.17) is 0 Å². The first-order valence-electron chi connectivity index (χ1n) is 10.3. The van der Waals surface area contributed by atoms with Gasteiger partial charge in [0.25, 0.3) is 0 Å². The predicted octanol–water partition coefficient (Wildman–Crippen LogP) is 7.63. The monoisotopic (exact) mass is 448 g/mol. The van der Waals surface area contributed by atoms with Crippen molar-refractivity contribution < 1.29 is 0 Å². The van der Waals surface area contributed by atoms with Crippen LogP contribution in [-0.4, -0.2) is 20.5 Å². The molecule has 0 radical (unpaired) electrons. The smallest absolute Gasteiger partial charge is 0.0646 e. The molecular formula is C22H28N2S4. The third kappa shape index (κ3) is 6.10. The number of hydrogen-bond acceptors (Lipinski definition) is 6. The Bertz CT molecular complexity index is 679. The Labute approximate surface area is 185 Å². The van der Waals surface area contributed by atoms with E-state index in [1.807, 2.05) is 34.0 Å². The normalized spacial score (nSPS) is 18.1. The van der Waals surface area contributed by atoms with Crippen LogP contribution in [0.3, 0.4) is 0 Å². The highest BCUT2D eigenvalue weighted by Crippen LogP contribution is 2.42. The molecule has 2 saturated carbocycles. The lowest BCUT2D eigenvalue weighted by Gasteiger charge is -2.13. The van der Waals surface area contributed by atoms with E-state index >= 15 is 0 Å². The largest absolute Gasteiger partial charge is 0.259 e. The zero-order chi connectivity index (χ0) is 19.0. The molecule has 0 saturated heterocycles. The van der Waals surface area contributed by atoms with E-state index in [9.17, 15) is 0 Å². The van der Waals surface area contributed by atoms with E-state index in [0.717, 1.165) is 22.0 Å². The number of hydrogen-bond donors (Lipinski definition) is 0. The first-order valence-corrected chi connectivity index (χ1v) is 14.6. The van der Waals surface area contributed by atoms with Crippen LogP contribution in [0, 0.1) is 0 Å². The highest BCUT2D eigenvalue weighted by Gasteiger charge is 2.18. The number of nitrogens with zero attached hydrogens (tertiary/aromatic N) is 2. The first kappa shape index (κ1) is 21.0. The summed E-state index contributed by atoms with van der Waals surface area (Å²) in [6.45, 7) is 0. The molecule has 0 bridgehead atoms. The molecule has 0 spiro atoms. The maximum atomic E-state index is 4.69. The average molecular weight is 449 g/mol. The fraction of sp³-hybridized carbons (Fsp3) is 0.545. The van der Waals surface area contributed by atoms with Gasteiger partial charge in [-0.05, 0) is 49.9 Å². The van der Waals surface area contributed by atoms with Crippen LogP contribution in [0.1, 0.15) is 62.8 Å². The second kappa shape index (κ2) is 11.2. The molecule has 2 fully saturated rings. The maximum absolute atomic E-state index is 4.69. The van der Waals surface area contributed by atoms with Gasteiger partial charge in [0.05, 0.1) is 11.4 Å². The fourth-order valence-electron chi connectivity index (χ4n) is 3.81. The molecule has 0 amide bonds. The molecule has 2 aromatic rings. The van der Waals surface area contributed by atoms with Gasteiger partial charge in [0.2, 0.25) is 0 Å². The third-order valence-corrected chi connectivity index (χ3v) is 10.7. The average Bonchev–Trinajstić information content (AvgIpc) is 3.44. The van der Waals surface area contributed by atoms with Gasteiger partial charge in [-0.15, -0.1) is 0 Å². The van der Waals surface area contributed by atoms with Gasteiger partial charge in [-0.25, -0.2) is 0 Å². The van der Waals surface area contributed by atoms with Crippen molar-refractivity contribution in [3.63, 3.8) is 0 Å². The molecule has 0 N–H and O–H groups in total. The Kier molecular flexibility index (Phi) is 8.37. The van der Waals surface area contributed by atoms with E-state index in [-0.39, 0.29) is 0 Å². The molecule has 150 valence electrons. The van der Waals surface area contributed by atoms with Crippen LogP contribution in [0.2, 0.25) is 0 Å². The fourth-order valence-corrected chi connectivity index (χ4v) is 8.91. The van der Waals surface area contributed by atoms with E-state index in [1.54, 1.807) is 0 Å². The Morgan fingerprint density at radius 3 is 1.54 bits per heavy atom. The second-order valence-corrected chi connectivity index (χ2v) is 12.3. The van der Waals surface area contributed by atoms with E-state index in [2.05, 4.69) is 57.8 Å². The Morgan fingerprint density at radius 2 is 1.11 bits per heavy atom. The standard InChI is InChI=1S/C22H28N2S4/c1-2-8-17(7-1)25-15-19-21(11-5-13-23-19)27-28-22-12-6-14-24-20(22)16-26-18-9-3-4-10-18/h5-6,11-14,17-18H,1-4,7-10,15-16H2. The van der Waals surface area contributed by atoms with Gasteiger partial charge < -0.3 is 0 Å². The zero-order valence-corrected chi connectivity index (χ0v) is 19.5. The van der Waals surface area contributed by atoms with Crippen LogP contribution in [0.25, 0.3) is 0 Å². The summed E-state index contributed by atoms with van der Waals surface area (Å²) in [4.78, 5) is 12.0. The lowest BCUT2D eigenvalue weighted by Crippen LogP contribution is -1.98. The number of rotatable bonds is 9. The summed E-state index contributed by atoms with van der Waals surface area (Å²) in [6.07, 6.45) is 15.0. The van der Waals surface area contributed by atoms with Gasteiger partial charge in [0.15, 0.2) is 0 Å². The Balaban J connectivity index is 1.35. The summed E-state index contributed by atoms with van der Waals surface area (Å²) in [5.41, 5.74) is 2.48. The Morgan fingerprint density at radius 1 is 0.679 bits per heavy atom. The summed E-state index contributed by atoms with van der Waals surface area (Å²) in [5.74, 6) is 2.07.